The average Bonchev–Trinajstić information content (AvgIpc) is 2.58. The largest absolute Gasteiger partial charge is 0.392 e. The van der Waals surface area contributed by atoms with Gasteiger partial charge >= 0.3 is 0 Å². The molecule has 1 saturated heterocycles. The minimum absolute atomic E-state index is 0.00988. The maximum atomic E-state index is 12.2. The first-order valence-electron chi connectivity index (χ1n) is 6.61. The molecule has 0 unspecified atom stereocenters. The SMILES string of the molecule is CC(C)(N)C(=O)N1CCC[C@]2(CCC[C@H]2O)C1. The van der Waals surface area contributed by atoms with Gasteiger partial charge in [0, 0.05) is 18.5 Å². The molecule has 2 aliphatic rings. The Morgan fingerprint density at radius 3 is 2.59 bits per heavy atom. The summed E-state index contributed by atoms with van der Waals surface area (Å²) in [7, 11) is 0. The lowest BCUT2D eigenvalue weighted by Gasteiger charge is -2.44. The number of rotatable bonds is 1. The van der Waals surface area contributed by atoms with Crippen LogP contribution in [0, 0.1) is 5.41 Å². The van der Waals surface area contributed by atoms with E-state index in [-0.39, 0.29) is 17.4 Å². The molecule has 2 fully saturated rings. The summed E-state index contributed by atoms with van der Waals surface area (Å²) in [5.41, 5.74) is 5.03. The zero-order valence-corrected chi connectivity index (χ0v) is 10.9. The number of carbonyl (C=O) groups excluding carboxylic acids is 1. The van der Waals surface area contributed by atoms with Gasteiger partial charge in [-0.15, -0.1) is 0 Å². The minimum atomic E-state index is -0.803. The second kappa shape index (κ2) is 4.25. The maximum absolute atomic E-state index is 12.2. The van der Waals surface area contributed by atoms with Crippen molar-refractivity contribution in [1.29, 1.82) is 0 Å². The lowest BCUT2D eigenvalue weighted by Crippen LogP contribution is -2.57. The Hall–Kier alpha value is -0.610. The van der Waals surface area contributed by atoms with Gasteiger partial charge in [0.05, 0.1) is 11.6 Å². The molecule has 2 atom stereocenters. The molecule has 1 aliphatic carbocycles. The number of piperidine rings is 1. The Labute approximate surface area is 103 Å². The number of hydrogen-bond donors (Lipinski definition) is 2. The van der Waals surface area contributed by atoms with Gasteiger partial charge in [0.2, 0.25) is 5.91 Å². The van der Waals surface area contributed by atoms with Crippen LogP contribution in [0.3, 0.4) is 0 Å². The highest BCUT2D eigenvalue weighted by molar-refractivity contribution is 5.85. The molecule has 1 saturated carbocycles. The van der Waals surface area contributed by atoms with Crippen molar-refractivity contribution in [2.45, 2.75) is 57.6 Å². The molecule has 4 nitrogen and oxygen atoms in total. The number of aliphatic hydroxyl groups is 1. The third kappa shape index (κ3) is 2.33. The Morgan fingerprint density at radius 1 is 1.41 bits per heavy atom. The Bertz CT molecular complexity index is 311. The summed E-state index contributed by atoms with van der Waals surface area (Å²) in [5, 5.41) is 10.1. The van der Waals surface area contributed by atoms with Crippen molar-refractivity contribution in [3.8, 4) is 0 Å². The van der Waals surface area contributed by atoms with Gasteiger partial charge in [0.1, 0.15) is 0 Å². The summed E-state index contributed by atoms with van der Waals surface area (Å²) >= 11 is 0. The van der Waals surface area contributed by atoms with Crippen LogP contribution in [0.2, 0.25) is 0 Å². The lowest BCUT2D eigenvalue weighted by atomic mass is 9.76. The number of carbonyl (C=O) groups is 1. The first kappa shape index (κ1) is 12.8. The molecule has 4 heteroatoms. The van der Waals surface area contributed by atoms with E-state index in [0.717, 1.165) is 38.6 Å². The molecule has 1 amide bonds. The Balaban J connectivity index is 2.10. The van der Waals surface area contributed by atoms with Crippen molar-refractivity contribution >= 4 is 5.91 Å². The van der Waals surface area contributed by atoms with E-state index in [1.54, 1.807) is 13.8 Å². The number of aliphatic hydroxyl groups excluding tert-OH is 1. The molecule has 0 radical (unpaired) electrons. The summed E-state index contributed by atoms with van der Waals surface area (Å²) in [6.07, 6.45) is 4.80. The lowest BCUT2D eigenvalue weighted by molar-refractivity contribution is -0.141. The summed E-state index contributed by atoms with van der Waals surface area (Å²) in [5.74, 6) is 0.00988. The van der Waals surface area contributed by atoms with E-state index in [4.69, 9.17) is 5.73 Å². The molecule has 0 bridgehead atoms. The summed E-state index contributed by atoms with van der Waals surface area (Å²) in [6, 6.07) is 0. The molecule has 0 aromatic heterocycles. The molecule has 0 aromatic rings. The molecule has 1 spiro atoms. The molecule has 98 valence electrons. The highest BCUT2D eigenvalue weighted by atomic mass is 16.3. The maximum Gasteiger partial charge on any atom is 0.242 e. The van der Waals surface area contributed by atoms with Crippen molar-refractivity contribution in [1.82, 2.24) is 4.90 Å². The van der Waals surface area contributed by atoms with Gasteiger partial charge in [-0.1, -0.05) is 6.42 Å². The Morgan fingerprint density at radius 2 is 2.06 bits per heavy atom. The van der Waals surface area contributed by atoms with Crippen molar-refractivity contribution < 1.29 is 9.90 Å². The van der Waals surface area contributed by atoms with Gasteiger partial charge in [-0.25, -0.2) is 0 Å². The molecule has 17 heavy (non-hydrogen) atoms. The van der Waals surface area contributed by atoms with E-state index < -0.39 is 5.54 Å². The molecular formula is C13H24N2O2. The van der Waals surface area contributed by atoms with Crippen molar-refractivity contribution in [2.24, 2.45) is 11.1 Å². The van der Waals surface area contributed by atoms with Gasteiger partial charge in [-0.3, -0.25) is 4.79 Å². The molecule has 1 aliphatic heterocycles. The molecular weight excluding hydrogens is 216 g/mol. The van der Waals surface area contributed by atoms with Crippen molar-refractivity contribution in [3.05, 3.63) is 0 Å². The van der Waals surface area contributed by atoms with Gasteiger partial charge in [-0.05, 0) is 39.5 Å². The van der Waals surface area contributed by atoms with Crippen LogP contribution in [-0.4, -0.2) is 40.6 Å². The van der Waals surface area contributed by atoms with E-state index in [0.29, 0.717) is 6.54 Å². The highest BCUT2D eigenvalue weighted by Gasteiger charge is 2.46. The standard InChI is InChI=1S/C13H24N2O2/c1-12(2,14)11(17)15-8-4-7-13(9-15)6-3-5-10(13)16/h10,16H,3-9,14H2,1-2H3/t10-,13-/m1/s1. The number of likely N-dealkylation sites (tertiary alicyclic amines) is 1. The number of hydrogen-bond acceptors (Lipinski definition) is 3. The van der Waals surface area contributed by atoms with E-state index >= 15 is 0 Å². The van der Waals surface area contributed by atoms with Crippen LogP contribution in [-0.2, 0) is 4.79 Å². The normalized spacial score (nSPS) is 34.4. The Kier molecular flexibility index (Phi) is 3.21. The number of nitrogens with zero attached hydrogens (tertiary/aromatic N) is 1. The first-order chi connectivity index (χ1) is 7.85. The van der Waals surface area contributed by atoms with Crippen LogP contribution in [0.25, 0.3) is 0 Å². The summed E-state index contributed by atoms with van der Waals surface area (Å²) in [6.45, 7) is 4.98. The summed E-state index contributed by atoms with van der Waals surface area (Å²) in [4.78, 5) is 14.0. The first-order valence-corrected chi connectivity index (χ1v) is 6.61. The molecule has 1 heterocycles. The second-order valence-corrected chi connectivity index (χ2v) is 6.32. The van der Waals surface area contributed by atoms with Gasteiger partial charge in [0.15, 0.2) is 0 Å². The molecule has 3 N–H and O–H groups in total. The van der Waals surface area contributed by atoms with E-state index in [1.807, 2.05) is 4.90 Å². The van der Waals surface area contributed by atoms with Crippen LogP contribution < -0.4 is 5.73 Å². The van der Waals surface area contributed by atoms with Crippen LogP contribution in [0.15, 0.2) is 0 Å². The third-order valence-corrected chi connectivity index (χ3v) is 4.31. The van der Waals surface area contributed by atoms with E-state index in [1.165, 1.54) is 0 Å². The smallest absolute Gasteiger partial charge is 0.242 e. The molecule has 2 rings (SSSR count). The van der Waals surface area contributed by atoms with Gasteiger partial charge in [0.25, 0.3) is 0 Å². The van der Waals surface area contributed by atoms with Crippen LogP contribution in [0.1, 0.15) is 46.0 Å². The fourth-order valence-electron chi connectivity index (χ4n) is 3.34. The number of amides is 1. The zero-order chi connectivity index (χ0) is 12.7. The van der Waals surface area contributed by atoms with Crippen LogP contribution in [0.5, 0.6) is 0 Å². The monoisotopic (exact) mass is 240 g/mol. The topological polar surface area (TPSA) is 66.6 Å². The van der Waals surface area contributed by atoms with Gasteiger partial charge in [-0.2, -0.15) is 0 Å². The predicted octanol–water partition coefficient (Wildman–Crippen LogP) is 0.877. The summed E-state index contributed by atoms with van der Waals surface area (Å²) < 4.78 is 0. The third-order valence-electron chi connectivity index (χ3n) is 4.31. The quantitative estimate of drug-likeness (QED) is 0.715. The number of nitrogens with two attached hydrogens (primary N) is 1. The van der Waals surface area contributed by atoms with E-state index in [9.17, 15) is 9.90 Å². The highest BCUT2D eigenvalue weighted by Crippen LogP contribution is 2.45. The van der Waals surface area contributed by atoms with Crippen LogP contribution in [0.4, 0.5) is 0 Å². The molecule has 0 aromatic carbocycles. The average molecular weight is 240 g/mol. The zero-order valence-electron chi connectivity index (χ0n) is 10.9. The predicted molar refractivity (Wildman–Crippen MR) is 66.4 cm³/mol. The second-order valence-electron chi connectivity index (χ2n) is 6.32. The fourth-order valence-corrected chi connectivity index (χ4v) is 3.34. The fraction of sp³-hybridized carbons (Fsp3) is 0.923. The van der Waals surface area contributed by atoms with Crippen molar-refractivity contribution in [3.63, 3.8) is 0 Å². The minimum Gasteiger partial charge on any atom is -0.392 e. The van der Waals surface area contributed by atoms with Gasteiger partial charge < -0.3 is 15.7 Å². The van der Waals surface area contributed by atoms with Crippen LogP contribution >= 0.6 is 0 Å². The van der Waals surface area contributed by atoms with E-state index in [2.05, 4.69) is 0 Å². The van der Waals surface area contributed by atoms with Crippen molar-refractivity contribution in [2.75, 3.05) is 13.1 Å².